The molecule has 0 spiro atoms. The molecule has 0 fully saturated rings. The minimum atomic E-state index is -4.34. The normalized spacial score (nSPS) is 16.6. The first-order valence-corrected chi connectivity index (χ1v) is 11.0. The minimum absolute atomic E-state index is 0.0307. The van der Waals surface area contributed by atoms with Gasteiger partial charge in [0.05, 0.1) is 11.7 Å². The highest BCUT2D eigenvalue weighted by atomic mass is 127. The Labute approximate surface area is 185 Å². The Morgan fingerprint density at radius 2 is 2.10 bits per heavy atom. The first-order valence-electron chi connectivity index (χ1n) is 8.91. The molecule has 2 atom stereocenters. The van der Waals surface area contributed by atoms with E-state index >= 15 is 0 Å². The molecule has 9 heteroatoms. The molecule has 4 nitrogen and oxygen atoms in total. The van der Waals surface area contributed by atoms with Gasteiger partial charge in [0.2, 0.25) is 5.91 Å². The van der Waals surface area contributed by atoms with E-state index in [2.05, 4.69) is 22.6 Å². The van der Waals surface area contributed by atoms with Crippen molar-refractivity contribution in [3.05, 3.63) is 58.2 Å². The molecule has 0 radical (unpaired) electrons. The Hall–Kier alpha value is -1.33. The number of alkyl halides is 4. The molecule has 1 aliphatic rings. The number of aliphatic hydroxyl groups is 1. The number of nitrogens with two attached hydrogens (primary N) is 1. The van der Waals surface area contributed by atoms with Crippen LogP contribution in [0.4, 0.5) is 13.2 Å². The maximum absolute atomic E-state index is 12.9. The van der Waals surface area contributed by atoms with Crippen LogP contribution in [0.25, 0.3) is 0 Å². The first-order chi connectivity index (χ1) is 13.5. The molecular weight excluding hydrogens is 516 g/mol. The van der Waals surface area contributed by atoms with Gasteiger partial charge in [-0.25, -0.2) is 0 Å². The summed E-state index contributed by atoms with van der Waals surface area (Å²) in [6.07, 6.45) is -1.02. The Balaban J connectivity index is 2.17. The molecule has 1 aromatic carbocycles. The average molecular weight is 538 g/mol. The zero-order valence-electron chi connectivity index (χ0n) is 15.7. The number of hydrogen-bond acceptors (Lipinski definition) is 4. The molecule has 158 valence electrons. The van der Waals surface area contributed by atoms with Gasteiger partial charge in [0.15, 0.2) is 0 Å². The molecule has 1 aliphatic carbocycles. The molecule has 0 aliphatic heterocycles. The van der Waals surface area contributed by atoms with Crippen LogP contribution >= 0.6 is 34.4 Å². The second-order valence-electron chi connectivity index (χ2n) is 6.74. The van der Waals surface area contributed by atoms with E-state index in [0.717, 1.165) is 11.6 Å². The molecule has 29 heavy (non-hydrogen) atoms. The number of aliphatic hydroxyl groups excluding tert-OH is 1. The highest BCUT2D eigenvalue weighted by molar-refractivity contribution is 14.1. The summed E-state index contributed by atoms with van der Waals surface area (Å²) in [5.74, 6) is -0.628. The summed E-state index contributed by atoms with van der Waals surface area (Å²) in [4.78, 5) is 11.5. The molecule has 2 rings (SSSR count). The number of benzene rings is 1. The number of rotatable bonds is 7. The second-order valence-corrected chi connectivity index (χ2v) is 9.94. The van der Waals surface area contributed by atoms with Crippen LogP contribution in [-0.2, 0) is 6.61 Å². The average Bonchev–Trinajstić information content (AvgIpc) is 2.64. The highest BCUT2D eigenvalue weighted by Crippen LogP contribution is 2.39. The molecule has 1 aromatic rings. The first kappa shape index (κ1) is 23.9. The van der Waals surface area contributed by atoms with Crippen molar-refractivity contribution in [2.45, 2.75) is 48.1 Å². The summed E-state index contributed by atoms with van der Waals surface area (Å²) in [5, 5.41) is 17.9. The van der Waals surface area contributed by atoms with Crippen LogP contribution in [0.1, 0.15) is 52.9 Å². The second kappa shape index (κ2) is 10.1. The summed E-state index contributed by atoms with van der Waals surface area (Å²) in [7, 11) is 0. The zero-order chi connectivity index (χ0) is 21.8. The number of nitrogens with one attached hydrogen (secondary N) is 1. The third-order valence-corrected chi connectivity index (χ3v) is 7.06. The van der Waals surface area contributed by atoms with Gasteiger partial charge < -0.3 is 10.8 Å². The van der Waals surface area contributed by atoms with E-state index in [0.29, 0.717) is 17.6 Å². The van der Waals surface area contributed by atoms with E-state index in [1.54, 1.807) is 24.3 Å². The van der Waals surface area contributed by atoms with E-state index in [9.17, 15) is 23.1 Å². The third kappa shape index (κ3) is 6.58. The Morgan fingerprint density at radius 3 is 2.66 bits per heavy atom. The molecule has 4 N–H and O–H groups in total. The van der Waals surface area contributed by atoms with Gasteiger partial charge in [0.1, 0.15) is 0 Å². The van der Waals surface area contributed by atoms with Crippen molar-refractivity contribution in [1.82, 2.24) is 0 Å². The zero-order valence-corrected chi connectivity index (χ0v) is 18.7. The van der Waals surface area contributed by atoms with E-state index in [4.69, 9.17) is 11.1 Å². The van der Waals surface area contributed by atoms with Gasteiger partial charge in [0, 0.05) is 26.7 Å². The molecule has 0 bridgehead atoms. The minimum Gasteiger partial charge on any atom is -0.392 e. The largest absolute Gasteiger partial charge is 0.412 e. The van der Waals surface area contributed by atoms with Gasteiger partial charge in [-0.1, -0.05) is 53.8 Å². The number of halogens is 4. The topological polar surface area (TPSA) is 87.2 Å². The molecule has 1 amide bonds. The summed E-state index contributed by atoms with van der Waals surface area (Å²) < 4.78 is 38.9. The SMILES string of the molecule is CC(I)C(SC(=N)CC1=CCCC(C(F)(F)F)=C1)c1ccc(C(N)=O)c(CO)c1. The maximum atomic E-state index is 12.9. The summed E-state index contributed by atoms with van der Waals surface area (Å²) in [6, 6.07) is 4.99. The van der Waals surface area contributed by atoms with Crippen molar-refractivity contribution in [1.29, 1.82) is 5.41 Å². The molecule has 0 aromatic heterocycles. The fourth-order valence-electron chi connectivity index (χ4n) is 3.08. The summed E-state index contributed by atoms with van der Waals surface area (Å²) in [6.45, 7) is 1.63. The lowest BCUT2D eigenvalue weighted by Crippen LogP contribution is -2.16. The van der Waals surface area contributed by atoms with Crippen molar-refractivity contribution < 1.29 is 23.1 Å². The quantitative estimate of drug-likeness (QED) is 0.187. The molecular formula is C20H22F3IN2O2S. The molecule has 0 saturated carbocycles. The van der Waals surface area contributed by atoms with Crippen molar-refractivity contribution in [3.63, 3.8) is 0 Å². The number of allylic oxidation sites excluding steroid dienone is 4. The van der Waals surface area contributed by atoms with Crippen LogP contribution in [0, 0.1) is 5.41 Å². The van der Waals surface area contributed by atoms with Gasteiger partial charge in [-0.3, -0.25) is 10.2 Å². The van der Waals surface area contributed by atoms with Gasteiger partial charge in [0.25, 0.3) is 0 Å². The van der Waals surface area contributed by atoms with Crippen molar-refractivity contribution >= 4 is 45.3 Å². The molecule has 0 heterocycles. The van der Waals surface area contributed by atoms with Crippen LogP contribution < -0.4 is 5.73 Å². The summed E-state index contributed by atoms with van der Waals surface area (Å²) >= 11 is 3.49. The lowest BCUT2D eigenvalue weighted by molar-refractivity contribution is -0.0941. The molecule has 2 unspecified atom stereocenters. The fourth-order valence-corrected chi connectivity index (χ4v) is 4.97. The number of thioether (sulfide) groups is 1. The predicted octanol–water partition coefficient (Wildman–Crippen LogP) is 5.45. The van der Waals surface area contributed by atoms with Crippen LogP contribution in [0.2, 0.25) is 0 Å². The summed E-state index contributed by atoms with van der Waals surface area (Å²) in [5.41, 5.74) is 6.74. The number of hydrogen-bond donors (Lipinski definition) is 3. The van der Waals surface area contributed by atoms with Gasteiger partial charge in [-0.15, -0.1) is 11.8 Å². The van der Waals surface area contributed by atoms with Crippen molar-refractivity contribution in [2.24, 2.45) is 5.73 Å². The smallest absolute Gasteiger partial charge is 0.392 e. The monoisotopic (exact) mass is 538 g/mol. The van der Waals surface area contributed by atoms with E-state index in [-0.39, 0.29) is 39.2 Å². The van der Waals surface area contributed by atoms with Crippen LogP contribution in [0.5, 0.6) is 0 Å². The number of primary amides is 1. The van der Waals surface area contributed by atoms with Crippen LogP contribution in [0.15, 0.2) is 41.5 Å². The fraction of sp³-hybridized carbons (Fsp3) is 0.400. The van der Waals surface area contributed by atoms with Crippen molar-refractivity contribution in [2.75, 3.05) is 0 Å². The predicted molar refractivity (Wildman–Crippen MR) is 118 cm³/mol. The highest BCUT2D eigenvalue weighted by Gasteiger charge is 2.34. The Morgan fingerprint density at radius 1 is 1.41 bits per heavy atom. The third-order valence-electron chi connectivity index (χ3n) is 4.49. The van der Waals surface area contributed by atoms with Crippen LogP contribution in [-0.4, -0.2) is 26.2 Å². The number of carbonyl (C=O) groups excluding carboxylic acids is 1. The van der Waals surface area contributed by atoms with E-state index < -0.39 is 17.7 Å². The number of carbonyl (C=O) groups is 1. The Bertz CT molecular complexity index is 851. The maximum Gasteiger partial charge on any atom is 0.412 e. The number of amides is 1. The molecule has 0 saturated heterocycles. The Kier molecular flexibility index (Phi) is 8.36. The standard InChI is InChI=1S/C20H22F3IN2O2S/c1-11(24)18(13-5-6-16(19(26)28)14(9-13)10-27)29-17(25)8-12-3-2-4-15(7-12)20(21,22)23/h3,5-7,9,11,18,25,27H,2,4,8,10H2,1H3,(H2,26,28). The van der Waals surface area contributed by atoms with Crippen LogP contribution in [0.3, 0.4) is 0 Å². The van der Waals surface area contributed by atoms with Gasteiger partial charge >= 0.3 is 6.18 Å². The lowest BCUT2D eigenvalue weighted by Gasteiger charge is -2.22. The van der Waals surface area contributed by atoms with E-state index in [1.807, 2.05) is 6.92 Å². The van der Waals surface area contributed by atoms with Gasteiger partial charge in [-0.2, -0.15) is 13.2 Å². The van der Waals surface area contributed by atoms with Gasteiger partial charge in [-0.05, 0) is 35.6 Å². The van der Waals surface area contributed by atoms with E-state index in [1.165, 1.54) is 11.8 Å². The lowest BCUT2D eigenvalue weighted by atomic mass is 9.97. The van der Waals surface area contributed by atoms with Crippen molar-refractivity contribution in [3.8, 4) is 0 Å².